The molecule has 2 heterocycles. The summed E-state index contributed by atoms with van der Waals surface area (Å²) in [7, 11) is 0. The first kappa shape index (κ1) is 16.7. The lowest BCUT2D eigenvalue weighted by molar-refractivity contribution is -0.508. The lowest BCUT2D eigenvalue weighted by atomic mass is 10.3. The molecule has 0 aliphatic carbocycles. The van der Waals surface area contributed by atoms with Crippen LogP contribution in [0.5, 0.6) is 0 Å². The van der Waals surface area contributed by atoms with Crippen LogP contribution in [-0.4, -0.2) is 9.97 Å². The summed E-state index contributed by atoms with van der Waals surface area (Å²) >= 11 is 0. The van der Waals surface area contributed by atoms with Gasteiger partial charge in [-0.3, -0.25) is 0 Å². The predicted octanol–water partition coefficient (Wildman–Crippen LogP) is -10.7. The first-order valence-electron chi connectivity index (χ1n) is 3.81. The minimum Gasteiger partial charge on any atom is -1.00 e. The minimum atomic E-state index is 0. The number of aromatic nitrogens is 4. The van der Waals surface area contributed by atoms with Crippen molar-refractivity contribution >= 4 is 0 Å². The van der Waals surface area contributed by atoms with E-state index in [4.69, 9.17) is 0 Å². The Morgan fingerprint density at radius 1 is 0.933 bits per heavy atom. The summed E-state index contributed by atoms with van der Waals surface area (Å²) in [4.78, 5) is 12.3. The van der Waals surface area contributed by atoms with E-state index in [0.717, 1.165) is 11.6 Å². The number of H-pyrrole nitrogens is 4. The van der Waals surface area contributed by atoms with Crippen LogP contribution >= 0.6 is 0 Å². The van der Waals surface area contributed by atoms with E-state index in [-0.39, 0.29) is 43.3 Å². The molecule has 0 aromatic carbocycles. The van der Waals surface area contributed by atoms with Crippen molar-refractivity contribution in [2.45, 2.75) is 6.04 Å². The fourth-order valence-electron chi connectivity index (χ4n) is 1.16. The molecular formula is C7H12Cl3N5. The van der Waals surface area contributed by atoms with Gasteiger partial charge in [0.2, 0.25) is 0 Å². The average Bonchev–Trinajstić information content (AvgIpc) is 2.77. The Kier molecular flexibility index (Phi) is 8.37. The fraction of sp³-hybridized carbons (Fsp3) is 0.143. The molecule has 0 radical (unpaired) electrons. The van der Waals surface area contributed by atoms with Crippen LogP contribution in [0, 0.1) is 0 Å². The van der Waals surface area contributed by atoms with Gasteiger partial charge in [0, 0.05) is 0 Å². The van der Waals surface area contributed by atoms with Gasteiger partial charge in [0.15, 0.2) is 0 Å². The van der Waals surface area contributed by atoms with Crippen molar-refractivity contribution < 1.29 is 52.9 Å². The van der Waals surface area contributed by atoms with Crippen molar-refractivity contribution in [1.82, 2.24) is 9.97 Å². The zero-order valence-electron chi connectivity index (χ0n) is 7.73. The fourth-order valence-corrected chi connectivity index (χ4v) is 1.16. The highest BCUT2D eigenvalue weighted by molar-refractivity contribution is 4.95. The maximum Gasteiger partial charge on any atom is 0.324 e. The van der Waals surface area contributed by atoms with E-state index in [2.05, 4.69) is 25.7 Å². The third-order valence-electron chi connectivity index (χ3n) is 1.82. The van der Waals surface area contributed by atoms with Gasteiger partial charge in [0.25, 0.3) is 6.04 Å². The molecule has 8 heteroatoms. The molecule has 0 aliphatic heterocycles. The molecule has 0 bridgehead atoms. The van der Waals surface area contributed by atoms with Gasteiger partial charge in [-0.15, -0.1) is 0 Å². The Balaban J connectivity index is 0. The normalized spacial score (nSPS) is 8.67. The highest BCUT2D eigenvalue weighted by Gasteiger charge is 2.26. The van der Waals surface area contributed by atoms with E-state index in [0.29, 0.717) is 0 Å². The number of imidazole rings is 2. The Bertz CT molecular complexity index is 299. The highest BCUT2D eigenvalue weighted by Crippen LogP contribution is 2.02. The first-order valence-corrected chi connectivity index (χ1v) is 3.81. The van der Waals surface area contributed by atoms with Crippen molar-refractivity contribution in [1.29, 1.82) is 0 Å². The Labute approximate surface area is 106 Å². The molecular weight excluding hydrogens is 260 g/mol. The second-order valence-corrected chi connectivity index (χ2v) is 2.62. The lowest BCUT2D eigenvalue weighted by Crippen LogP contribution is -3.00. The largest absolute Gasteiger partial charge is 1.00 e. The smallest absolute Gasteiger partial charge is 0.324 e. The van der Waals surface area contributed by atoms with Crippen LogP contribution in [0.2, 0.25) is 0 Å². The van der Waals surface area contributed by atoms with Gasteiger partial charge < -0.3 is 43.0 Å². The number of hydrogen-bond donors (Lipinski definition) is 3. The average molecular weight is 273 g/mol. The molecule has 2 rings (SSSR count). The Hall–Kier alpha value is -0.750. The number of quaternary nitrogens is 1. The van der Waals surface area contributed by atoms with Gasteiger partial charge in [-0.25, -0.2) is 19.9 Å². The second kappa shape index (κ2) is 7.53. The third kappa shape index (κ3) is 3.71. The molecule has 2 aromatic heterocycles. The zero-order chi connectivity index (χ0) is 8.39. The maximum atomic E-state index is 4.00. The predicted molar refractivity (Wildman–Crippen MR) is 39.4 cm³/mol. The standard InChI is InChI=1S/C7H9N5.3ClH/c8-5(6-9-1-2-10-6)7-11-3-4-12-7;;;/h1-5H,8H2,(H,9,10)(H,11,12);3*1H. The van der Waals surface area contributed by atoms with E-state index in [1.807, 2.05) is 24.8 Å². The third-order valence-corrected chi connectivity index (χ3v) is 1.82. The number of halogens is 3. The van der Waals surface area contributed by atoms with Crippen molar-refractivity contribution in [2.24, 2.45) is 0 Å². The monoisotopic (exact) mass is 271 g/mol. The molecule has 0 saturated heterocycles. The van der Waals surface area contributed by atoms with Gasteiger partial charge in [-0.1, -0.05) is 0 Å². The number of rotatable bonds is 2. The van der Waals surface area contributed by atoms with E-state index >= 15 is 0 Å². The summed E-state index contributed by atoms with van der Waals surface area (Å²) in [5.74, 6) is 1.96. The van der Waals surface area contributed by atoms with Crippen LogP contribution in [0.3, 0.4) is 0 Å². The van der Waals surface area contributed by atoms with Gasteiger partial charge in [-0.2, -0.15) is 0 Å². The zero-order valence-corrected chi connectivity index (χ0v) is 10.00. The molecule has 7 N–H and O–H groups in total. The van der Waals surface area contributed by atoms with Crippen LogP contribution in [0.1, 0.15) is 17.7 Å². The molecule has 0 unspecified atom stereocenters. The number of aromatic amines is 4. The molecule has 5 nitrogen and oxygen atoms in total. The molecule has 15 heavy (non-hydrogen) atoms. The second-order valence-electron chi connectivity index (χ2n) is 2.62. The molecule has 0 amide bonds. The maximum absolute atomic E-state index is 4.00. The van der Waals surface area contributed by atoms with Crippen LogP contribution in [0.15, 0.2) is 24.8 Å². The molecule has 0 aliphatic rings. The molecule has 86 valence electrons. The molecule has 0 saturated carbocycles. The summed E-state index contributed by atoms with van der Waals surface area (Å²) in [5.41, 5.74) is 4.00. The van der Waals surface area contributed by atoms with Crippen molar-refractivity contribution in [3.63, 3.8) is 0 Å². The summed E-state index contributed by atoms with van der Waals surface area (Å²) in [5, 5.41) is 0. The van der Waals surface area contributed by atoms with Crippen LogP contribution in [0.4, 0.5) is 0 Å². The van der Waals surface area contributed by atoms with Gasteiger partial charge >= 0.3 is 11.6 Å². The van der Waals surface area contributed by atoms with E-state index in [1.54, 1.807) is 0 Å². The van der Waals surface area contributed by atoms with Crippen molar-refractivity contribution in [2.75, 3.05) is 0 Å². The SMILES string of the molecule is [Cl-].[Cl-].[Cl-].[NH3+]C(c1[nH]cc[nH+]1)c1[nH]cc[nH+]1. The van der Waals surface area contributed by atoms with Crippen molar-refractivity contribution in [3.8, 4) is 0 Å². The van der Waals surface area contributed by atoms with Crippen molar-refractivity contribution in [3.05, 3.63) is 36.4 Å². The van der Waals surface area contributed by atoms with E-state index < -0.39 is 0 Å². The van der Waals surface area contributed by atoms with Gasteiger partial charge in [0.1, 0.15) is 24.8 Å². The molecule has 2 aromatic rings. The quantitative estimate of drug-likeness (QED) is 0.485. The van der Waals surface area contributed by atoms with Crippen LogP contribution in [0.25, 0.3) is 0 Å². The lowest BCUT2D eigenvalue weighted by Gasteiger charge is -1.90. The minimum absolute atomic E-state index is 0. The van der Waals surface area contributed by atoms with E-state index in [9.17, 15) is 0 Å². The molecule has 0 atom stereocenters. The Morgan fingerprint density at radius 3 is 1.60 bits per heavy atom. The molecule has 0 fully saturated rings. The van der Waals surface area contributed by atoms with Gasteiger partial charge in [-0.05, 0) is 0 Å². The number of hydrogen-bond acceptors (Lipinski definition) is 0. The molecule has 0 spiro atoms. The summed E-state index contributed by atoms with van der Waals surface area (Å²) in [6.45, 7) is 0. The summed E-state index contributed by atoms with van der Waals surface area (Å²) in [6, 6.07) is 0.0648. The number of nitrogens with one attached hydrogen (secondary N) is 4. The van der Waals surface area contributed by atoms with Crippen LogP contribution in [-0.2, 0) is 0 Å². The summed E-state index contributed by atoms with van der Waals surface area (Å²) < 4.78 is 0. The summed E-state index contributed by atoms with van der Waals surface area (Å²) in [6.07, 6.45) is 7.37. The first-order chi connectivity index (χ1) is 5.88. The Morgan fingerprint density at radius 2 is 1.33 bits per heavy atom. The van der Waals surface area contributed by atoms with Gasteiger partial charge in [0.05, 0.1) is 0 Å². The van der Waals surface area contributed by atoms with E-state index in [1.165, 1.54) is 0 Å². The highest BCUT2D eigenvalue weighted by atomic mass is 35.5. The van der Waals surface area contributed by atoms with Crippen LogP contribution < -0.4 is 52.9 Å². The topological polar surface area (TPSA) is 87.5 Å².